The zero-order valence-electron chi connectivity index (χ0n) is 16.8. The average Bonchev–Trinajstić information content (AvgIpc) is 3.52. The lowest BCUT2D eigenvalue weighted by molar-refractivity contribution is 0.123. The molecule has 1 aliphatic carbocycles. The van der Waals surface area contributed by atoms with Crippen LogP contribution >= 0.6 is 0 Å². The number of nitrogens with zero attached hydrogens (tertiary/aromatic N) is 4. The summed E-state index contributed by atoms with van der Waals surface area (Å²) in [5.74, 6) is 2.73. The van der Waals surface area contributed by atoms with Crippen LogP contribution < -0.4 is 15.5 Å². The number of rotatable bonds is 9. The average molecular weight is 375 g/mol. The van der Waals surface area contributed by atoms with E-state index >= 15 is 0 Å². The van der Waals surface area contributed by atoms with E-state index in [2.05, 4.69) is 49.6 Å². The standard InChI is InChI=1S/C20H34N6O/c1-21-20(23-7-3-13-27-16-17-4-5-17)24-15-18-6-8-22-19(14-18)26-11-9-25(2)10-12-26/h6,8,14,17H,3-5,7,9-13,15-16H2,1-2H3,(H2,21,23,24). The Hall–Kier alpha value is -1.86. The molecule has 0 amide bonds. The molecule has 27 heavy (non-hydrogen) atoms. The van der Waals surface area contributed by atoms with Crippen molar-refractivity contribution in [3.63, 3.8) is 0 Å². The highest BCUT2D eigenvalue weighted by atomic mass is 16.5. The second kappa shape index (κ2) is 10.5. The van der Waals surface area contributed by atoms with Gasteiger partial charge in [0, 0.05) is 65.7 Å². The molecule has 1 saturated carbocycles. The first-order valence-electron chi connectivity index (χ1n) is 10.2. The van der Waals surface area contributed by atoms with E-state index in [9.17, 15) is 0 Å². The van der Waals surface area contributed by atoms with Crippen LogP contribution in [0.2, 0.25) is 0 Å². The summed E-state index contributed by atoms with van der Waals surface area (Å²) >= 11 is 0. The van der Waals surface area contributed by atoms with Crippen molar-refractivity contribution < 1.29 is 4.74 Å². The lowest BCUT2D eigenvalue weighted by atomic mass is 10.2. The molecule has 1 aliphatic heterocycles. The number of aliphatic imine (C=N–C) groups is 1. The quantitative estimate of drug-likeness (QED) is 0.386. The molecule has 0 aromatic carbocycles. The number of hydrogen-bond donors (Lipinski definition) is 2. The molecule has 2 fully saturated rings. The summed E-state index contributed by atoms with van der Waals surface area (Å²) in [6.07, 6.45) is 5.59. The van der Waals surface area contributed by atoms with Crippen LogP contribution in [-0.4, -0.2) is 75.9 Å². The van der Waals surface area contributed by atoms with Gasteiger partial charge in [-0.3, -0.25) is 4.99 Å². The molecule has 1 aromatic rings. The largest absolute Gasteiger partial charge is 0.381 e. The minimum atomic E-state index is 0.737. The van der Waals surface area contributed by atoms with Gasteiger partial charge in [-0.25, -0.2) is 4.98 Å². The van der Waals surface area contributed by atoms with Crippen LogP contribution in [0.1, 0.15) is 24.8 Å². The van der Waals surface area contributed by atoms with Crippen LogP contribution in [0, 0.1) is 5.92 Å². The monoisotopic (exact) mass is 374 g/mol. The van der Waals surface area contributed by atoms with Gasteiger partial charge in [0.1, 0.15) is 5.82 Å². The normalized spacial score (nSPS) is 18.6. The summed E-state index contributed by atoms with van der Waals surface area (Å²) in [6, 6.07) is 4.24. The molecule has 1 aromatic heterocycles. The summed E-state index contributed by atoms with van der Waals surface area (Å²) in [5, 5.41) is 6.74. The maximum atomic E-state index is 5.66. The molecule has 0 unspecified atom stereocenters. The highest BCUT2D eigenvalue weighted by molar-refractivity contribution is 5.79. The van der Waals surface area contributed by atoms with Crippen molar-refractivity contribution in [3.05, 3.63) is 23.9 Å². The van der Waals surface area contributed by atoms with Gasteiger partial charge < -0.3 is 25.2 Å². The van der Waals surface area contributed by atoms with E-state index in [-0.39, 0.29) is 0 Å². The fraction of sp³-hybridized carbons (Fsp3) is 0.700. The van der Waals surface area contributed by atoms with Gasteiger partial charge >= 0.3 is 0 Å². The fourth-order valence-electron chi connectivity index (χ4n) is 3.10. The van der Waals surface area contributed by atoms with Crippen molar-refractivity contribution in [2.45, 2.75) is 25.8 Å². The topological polar surface area (TPSA) is 65.0 Å². The molecule has 1 saturated heterocycles. The third-order valence-corrected chi connectivity index (χ3v) is 5.13. The van der Waals surface area contributed by atoms with Crippen molar-refractivity contribution in [1.82, 2.24) is 20.5 Å². The van der Waals surface area contributed by atoms with Gasteiger partial charge in [-0.1, -0.05) is 0 Å². The van der Waals surface area contributed by atoms with Crippen LogP contribution in [0.5, 0.6) is 0 Å². The smallest absolute Gasteiger partial charge is 0.191 e. The van der Waals surface area contributed by atoms with Gasteiger partial charge in [-0.2, -0.15) is 0 Å². The highest BCUT2D eigenvalue weighted by Gasteiger charge is 2.20. The lowest BCUT2D eigenvalue weighted by Crippen LogP contribution is -2.44. The van der Waals surface area contributed by atoms with E-state index < -0.39 is 0 Å². The van der Waals surface area contributed by atoms with Gasteiger partial charge in [-0.05, 0) is 49.9 Å². The molecule has 0 radical (unpaired) electrons. The van der Waals surface area contributed by atoms with Crippen molar-refractivity contribution in [2.75, 3.05) is 64.9 Å². The van der Waals surface area contributed by atoms with Crippen LogP contribution in [0.3, 0.4) is 0 Å². The Morgan fingerprint density at radius 1 is 1.26 bits per heavy atom. The SMILES string of the molecule is CN=C(NCCCOCC1CC1)NCc1ccnc(N2CCN(C)CC2)c1. The van der Waals surface area contributed by atoms with Crippen molar-refractivity contribution >= 4 is 11.8 Å². The third-order valence-electron chi connectivity index (χ3n) is 5.13. The van der Waals surface area contributed by atoms with Crippen LogP contribution in [0.4, 0.5) is 5.82 Å². The first-order chi connectivity index (χ1) is 13.2. The Labute approximate surface area is 163 Å². The molecule has 3 rings (SSSR count). The van der Waals surface area contributed by atoms with E-state index in [1.165, 1.54) is 18.4 Å². The number of aromatic nitrogens is 1. The zero-order chi connectivity index (χ0) is 18.9. The second-order valence-electron chi connectivity index (χ2n) is 7.54. The van der Waals surface area contributed by atoms with Crippen molar-refractivity contribution in [1.29, 1.82) is 0 Å². The Bertz CT molecular complexity index is 596. The molecule has 0 spiro atoms. The predicted molar refractivity (Wildman–Crippen MR) is 110 cm³/mol. The number of guanidine groups is 1. The van der Waals surface area contributed by atoms with Crippen LogP contribution in [-0.2, 0) is 11.3 Å². The van der Waals surface area contributed by atoms with Crippen LogP contribution in [0.25, 0.3) is 0 Å². The van der Waals surface area contributed by atoms with Crippen molar-refractivity contribution in [2.24, 2.45) is 10.9 Å². The number of nitrogens with one attached hydrogen (secondary N) is 2. The molecule has 150 valence electrons. The maximum Gasteiger partial charge on any atom is 0.191 e. The molecule has 2 aliphatic rings. The van der Waals surface area contributed by atoms with Gasteiger partial charge in [0.05, 0.1) is 0 Å². The number of hydrogen-bond acceptors (Lipinski definition) is 5. The zero-order valence-corrected chi connectivity index (χ0v) is 16.8. The molecule has 0 atom stereocenters. The first-order valence-corrected chi connectivity index (χ1v) is 10.2. The first kappa shape index (κ1) is 19.9. The Morgan fingerprint density at radius 3 is 2.81 bits per heavy atom. The number of likely N-dealkylation sites (N-methyl/N-ethyl adjacent to an activating group) is 1. The van der Waals surface area contributed by atoms with E-state index in [0.717, 1.165) is 76.6 Å². The number of pyridine rings is 1. The second-order valence-corrected chi connectivity index (χ2v) is 7.54. The highest BCUT2D eigenvalue weighted by Crippen LogP contribution is 2.28. The summed E-state index contributed by atoms with van der Waals surface area (Å²) in [7, 11) is 3.98. The van der Waals surface area contributed by atoms with E-state index in [1.807, 2.05) is 6.20 Å². The molecule has 0 bridgehead atoms. The Kier molecular flexibility index (Phi) is 7.71. The van der Waals surface area contributed by atoms with Gasteiger partial charge in [0.2, 0.25) is 0 Å². The predicted octanol–water partition coefficient (Wildman–Crippen LogP) is 1.32. The maximum absolute atomic E-state index is 5.66. The number of anilines is 1. The molecule has 2 heterocycles. The van der Waals surface area contributed by atoms with Crippen molar-refractivity contribution in [3.8, 4) is 0 Å². The van der Waals surface area contributed by atoms with Gasteiger partial charge in [0.25, 0.3) is 0 Å². The Balaban J connectivity index is 1.36. The van der Waals surface area contributed by atoms with Gasteiger partial charge in [0.15, 0.2) is 5.96 Å². The summed E-state index contributed by atoms with van der Waals surface area (Å²) in [6.45, 7) is 7.60. The van der Waals surface area contributed by atoms with E-state index in [1.54, 1.807) is 7.05 Å². The Morgan fingerprint density at radius 2 is 2.07 bits per heavy atom. The molecular weight excluding hydrogens is 340 g/mol. The summed E-state index contributed by atoms with van der Waals surface area (Å²) < 4.78 is 5.66. The third kappa shape index (κ3) is 6.99. The number of piperazine rings is 1. The minimum Gasteiger partial charge on any atom is -0.381 e. The van der Waals surface area contributed by atoms with Gasteiger partial charge in [-0.15, -0.1) is 0 Å². The molecule has 2 N–H and O–H groups in total. The minimum absolute atomic E-state index is 0.737. The summed E-state index contributed by atoms with van der Waals surface area (Å²) in [5.41, 5.74) is 1.22. The van der Waals surface area contributed by atoms with E-state index in [0.29, 0.717) is 0 Å². The fourth-order valence-corrected chi connectivity index (χ4v) is 3.10. The molecule has 7 nitrogen and oxygen atoms in total. The molecular formula is C20H34N6O. The number of ether oxygens (including phenoxy) is 1. The molecule has 7 heteroatoms. The lowest BCUT2D eigenvalue weighted by Gasteiger charge is -2.33. The van der Waals surface area contributed by atoms with E-state index in [4.69, 9.17) is 4.74 Å². The summed E-state index contributed by atoms with van der Waals surface area (Å²) in [4.78, 5) is 13.6. The van der Waals surface area contributed by atoms with Crippen LogP contribution in [0.15, 0.2) is 23.3 Å².